The number of para-hydroxylation sites is 1. The molecule has 1 aromatic carbocycles. The van der Waals surface area contributed by atoms with Crippen LogP contribution in [0.4, 0.5) is 5.82 Å². The summed E-state index contributed by atoms with van der Waals surface area (Å²) in [6.07, 6.45) is 3.25. The molecule has 1 aromatic heterocycles. The van der Waals surface area contributed by atoms with Gasteiger partial charge < -0.3 is 9.64 Å². The second-order valence-electron chi connectivity index (χ2n) is 7.77. The van der Waals surface area contributed by atoms with Gasteiger partial charge >= 0.3 is 0 Å². The summed E-state index contributed by atoms with van der Waals surface area (Å²) in [4.78, 5) is 9.91. The van der Waals surface area contributed by atoms with Gasteiger partial charge in [0.1, 0.15) is 5.82 Å². The third kappa shape index (κ3) is 3.96. The smallest absolute Gasteiger partial charge is 0.129 e. The Bertz CT molecular complexity index is 701. The Balaban J connectivity index is 1.34. The van der Waals surface area contributed by atoms with Gasteiger partial charge in [-0.05, 0) is 50.8 Å². The van der Waals surface area contributed by atoms with E-state index in [1.165, 1.54) is 24.8 Å². The zero-order valence-electron chi connectivity index (χ0n) is 15.4. The molecular weight excluding hydrogens is 310 g/mol. The Labute approximate surface area is 150 Å². The third-order valence-electron chi connectivity index (χ3n) is 5.53. The van der Waals surface area contributed by atoms with Gasteiger partial charge in [-0.15, -0.1) is 0 Å². The van der Waals surface area contributed by atoms with E-state index in [-0.39, 0.29) is 0 Å². The fourth-order valence-corrected chi connectivity index (χ4v) is 4.37. The average molecular weight is 339 g/mol. The number of nitrogens with zero attached hydrogens (tertiary/aromatic N) is 3. The van der Waals surface area contributed by atoms with Crippen molar-refractivity contribution in [2.45, 2.75) is 38.9 Å². The molecule has 0 N–H and O–H groups in total. The molecule has 2 saturated heterocycles. The van der Waals surface area contributed by atoms with E-state index in [0.717, 1.165) is 43.4 Å². The molecule has 0 spiro atoms. The molecule has 0 bridgehead atoms. The predicted octanol–water partition coefficient (Wildman–Crippen LogP) is 3.56. The number of rotatable bonds is 3. The molecule has 2 unspecified atom stereocenters. The first-order valence-corrected chi connectivity index (χ1v) is 9.66. The summed E-state index contributed by atoms with van der Waals surface area (Å²) < 4.78 is 5.86. The summed E-state index contributed by atoms with van der Waals surface area (Å²) in [5.74, 6) is 1.93. The number of piperidine rings is 1. The van der Waals surface area contributed by atoms with E-state index < -0.39 is 0 Å². The van der Waals surface area contributed by atoms with Crippen LogP contribution in [0.2, 0.25) is 0 Å². The first kappa shape index (κ1) is 16.8. The van der Waals surface area contributed by atoms with Crippen LogP contribution in [0.5, 0.6) is 0 Å². The van der Waals surface area contributed by atoms with Crippen LogP contribution in [0.3, 0.4) is 0 Å². The van der Waals surface area contributed by atoms with Crippen molar-refractivity contribution in [2.75, 3.05) is 37.6 Å². The van der Waals surface area contributed by atoms with Crippen molar-refractivity contribution in [1.29, 1.82) is 0 Å². The molecule has 4 heteroatoms. The van der Waals surface area contributed by atoms with Crippen molar-refractivity contribution in [3.63, 3.8) is 0 Å². The van der Waals surface area contributed by atoms with E-state index >= 15 is 0 Å². The molecular formula is C21H29N3O. The summed E-state index contributed by atoms with van der Waals surface area (Å²) >= 11 is 0. The maximum atomic E-state index is 5.86. The molecule has 4 rings (SSSR count). The molecule has 4 nitrogen and oxygen atoms in total. The second-order valence-corrected chi connectivity index (χ2v) is 7.77. The maximum absolute atomic E-state index is 5.86. The highest BCUT2D eigenvalue weighted by Crippen LogP contribution is 2.25. The molecule has 134 valence electrons. The third-order valence-corrected chi connectivity index (χ3v) is 5.53. The predicted molar refractivity (Wildman–Crippen MR) is 103 cm³/mol. The van der Waals surface area contributed by atoms with Gasteiger partial charge in [0, 0.05) is 38.1 Å². The zero-order chi connectivity index (χ0) is 17.2. The van der Waals surface area contributed by atoms with Crippen molar-refractivity contribution in [1.82, 2.24) is 9.88 Å². The van der Waals surface area contributed by atoms with Gasteiger partial charge in [-0.25, -0.2) is 4.98 Å². The number of aromatic nitrogens is 1. The molecule has 25 heavy (non-hydrogen) atoms. The lowest BCUT2D eigenvalue weighted by atomic mass is 9.95. The number of hydrogen-bond donors (Lipinski definition) is 0. The Morgan fingerprint density at radius 1 is 1.00 bits per heavy atom. The molecule has 0 saturated carbocycles. The molecule has 0 radical (unpaired) electrons. The van der Waals surface area contributed by atoms with E-state index in [0.29, 0.717) is 12.2 Å². The summed E-state index contributed by atoms with van der Waals surface area (Å²) in [5.41, 5.74) is 1.10. The van der Waals surface area contributed by atoms with Gasteiger partial charge in [0.15, 0.2) is 0 Å². The fraction of sp³-hybridized carbons (Fsp3) is 0.571. The van der Waals surface area contributed by atoms with Crippen LogP contribution < -0.4 is 4.90 Å². The number of benzene rings is 1. The summed E-state index contributed by atoms with van der Waals surface area (Å²) in [7, 11) is 0. The number of ether oxygens (including phenoxy) is 1. The number of anilines is 1. The van der Waals surface area contributed by atoms with Gasteiger partial charge in [-0.3, -0.25) is 4.90 Å². The van der Waals surface area contributed by atoms with Crippen molar-refractivity contribution in [3.8, 4) is 0 Å². The number of morpholine rings is 1. The lowest BCUT2D eigenvalue weighted by molar-refractivity contribution is -0.0720. The molecule has 2 aromatic rings. The summed E-state index contributed by atoms with van der Waals surface area (Å²) in [6, 6.07) is 12.7. The lowest BCUT2D eigenvalue weighted by Gasteiger charge is -2.39. The van der Waals surface area contributed by atoms with Crippen LogP contribution in [0.1, 0.15) is 26.7 Å². The summed E-state index contributed by atoms with van der Waals surface area (Å²) in [6.45, 7) is 9.99. The van der Waals surface area contributed by atoms with Crippen LogP contribution in [-0.4, -0.2) is 54.8 Å². The van der Waals surface area contributed by atoms with Crippen molar-refractivity contribution in [3.05, 3.63) is 36.4 Å². The Morgan fingerprint density at radius 3 is 2.48 bits per heavy atom. The molecule has 2 aliphatic heterocycles. The SMILES string of the molecule is CC1CN(CC2CCN(c3ccc4ccccc4n3)CC2)CC(C)O1. The molecule has 2 fully saturated rings. The van der Waals surface area contributed by atoms with E-state index in [2.05, 4.69) is 60.0 Å². The van der Waals surface area contributed by atoms with Crippen LogP contribution in [0.15, 0.2) is 36.4 Å². The minimum Gasteiger partial charge on any atom is -0.373 e. The van der Waals surface area contributed by atoms with Crippen molar-refractivity contribution < 1.29 is 4.74 Å². The maximum Gasteiger partial charge on any atom is 0.129 e. The van der Waals surface area contributed by atoms with Gasteiger partial charge in [0.05, 0.1) is 17.7 Å². The highest BCUT2D eigenvalue weighted by atomic mass is 16.5. The van der Waals surface area contributed by atoms with Gasteiger partial charge in [0.25, 0.3) is 0 Å². The minimum absolute atomic E-state index is 0.366. The minimum atomic E-state index is 0.366. The zero-order valence-corrected chi connectivity index (χ0v) is 15.4. The highest BCUT2D eigenvalue weighted by molar-refractivity contribution is 5.80. The largest absolute Gasteiger partial charge is 0.373 e. The average Bonchev–Trinajstić information content (AvgIpc) is 2.61. The van der Waals surface area contributed by atoms with E-state index in [9.17, 15) is 0 Å². The lowest BCUT2D eigenvalue weighted by Crippen LogP contribution is -2.48. The fourth-order valence-electron chi connectivity index (χ4n) is 4.37. The molecule has 2 aliphatic rings. The topological polar surface area (TPSA) is 28.6 Å². The van der Waals surface area contributed by atoms with Crippen LogP contribution in [0, 0.1) is 5.92 Å². The quantitative estimate of drug-likeness (QED) is 0.855. The Kier molecular flexibility index (Phi) is 4.91. The Hall–Kier alpha value is -1.65. The van der Waals surface area contributed by atoms with Gasteiger partial charge in [-0.2, -0.15) is 0 Å². The number of pyridine rings is 1. The second kappa shape index (κ2) is 7.30. The van der Waals surface area contributed by atoms with E-state index in [1.54, 1.807) is 0 Å². The van der Waals surface area contributed by atoms with E-state index in [4.69, 9.17) is 9.72 Å². The van der Waals surface area contributed by atoms with Crippen molar-refractivity contribution >= 4 is 16.7 Å². The van der Waals surface area contributed by atoms with Crippen LogP contribution >= 0.6 is 0 Å². The van der Waals surface area contributed by atoms with Crippen LogP contribution in [-0.2, 0) is 4.74 Å². The molecule has 0 amide bonds. The molecule has 0 aliphatic carbocycles. The first-order valence-electron chi connectivity index (χ1n) is 9.66. The Morgan fingerprint density at radius 2 is 1.72 bits per heavy atom. The monoisotopic (exact) mass is 339 g/mol. The summed E-state index contributed by atoms with van der Waals surface area (Å²) in [5, 5.41) is 1.22. The standard InChI is InChI=1S/C21H29N3O/c1-16-13-23(14-17(2)25-16)15-18-9-11-24(12-10-18)21-8-7-19-5-3-4-6-20(19)22-21/h3-8,16-18H,9-15H2,1-2H3. The van der Waals surface area contributed by atoms with E-state index in [1.807, 2.05) is 0 Å². The normalized spacial score (nSPS) is 26.2. The van der Waals surface area contributed by atoms with Gasteiger partial charge in [-0.1, -0.05) is 18.2 Å². The number of hydrogen-bond acceptors (Lipinski definition) is 4. The molecule has 2 atom stereocenters. The van der Waals surface area contributed by atoms with Crippen LogP contribution in [0.25, 0.3) is 10.9 Å². The highest BCUT2D eigenvalue weighted by Gasteiger charge is 2.27. The molecule has 3 heterocycles. The van der Waals surface area contributed by atoms with Gasteiger partial charge in [0.2, 0.25) is 0 Å². The number of fused-ring (bicyclic) bond motifs is 1. The van der Waals surface area contributed by atoms with Crippen molar-refractivity contribution in [2.24, 2.45) is 5.92 Å². The first-order chi connectivity index (χ1) is 12.2.